The van der Waals surface area contributed by atoms with Crippen molar-refractivity contribution in [1.29, 1.82) is 0 Å². The fourth-order valence-corrected chi connectivity index (χ4v) is 3.66. The number of hydrogen-bond donors (Lipinski definition) is 0. The maximum Gasteiger partial charge on any atom is 0.259 e. The zero-order valence-corrected chi connectivity index (χ0v) is 16.5. The van der Waals surface area contributed by atoms with Crippen LogP contribution in [0.5, 0.6) is 5.88 Å². The number of carbonyl (C=O) groups excluding carboxylic acids is 1. The molecule has 0 saturated carbocycles. The SMILES string of the molecule is CCn1cc(C(=O)N2CCC[C@@H](Oc3ccncn3)C2)c(=O)c2ccc(C)nc21. The molecule has 1 aliphatic heterocycles. The number of likely N-dealkylation sites (tertiary alicyclic amines) is 1. The number of aryl methyl sites for hydroxylation is 2. The van der Waals surface area contributed by atoms with Crippen molar-refractivity contribution in [3.63, 3.8) is 0 Å². The minimum Gasteiger partial charge on any atom is -0.472 e. The number of rotatable bonds is 4. The van der Waals surface area contributed by atoms with Crippen molar-refractivity contribution in [3.05, 3.63) is 58.4 Å². The van der Waals surface area contributed by atoms with Gasteiger partial charge in [0.2, 0.25) is 11.3 Å². The molecule has 1 fully saturated rings. The van der Waals surface area contributed by atoms with E-state index in [1.54, 1.807) is 35.5 Å². The van der Waals surface area contributed by atoms with E-state index in [2.05, 4.69) is 15.0 Å². The summed E-state index contributed by atoms with van der Waals surface area (Å²) in [5, 5.41) is 0.467. The van der Waals surface area contributed by atoms with Crippen LogP contribution in [-0.2, 0) is 6.54 Å². The predicted molar refractivity (Wildman–Crippen MR) is 108 cm³/mol. The van der Waals surface area contributed by atoms with Crippen molar-refractivity contribution in [2.75, 3.05) is 13.1 Å². The molecule has 0 spiro atoms. The van der Waals surface area contributed by atoms with E-state index in [-0.39, 0.29) is 23.0 Å². The molecule has 3 aromatic heterocycles. The second kappa shape index (κ2) is 7.98. The lowest BCUT2D eigenvalue weighted by atomic mass is 10.1. The van der Waals surface area contributed by atoms with Gasteiger partial charge >= 0.3 is 0 Å². The Morgan fingerprint density at radius 2 is 2.17 bits per heavy atom. The normalized spacial score (nSPS) is 16.8. The Morgan fingerprint density at radius 1 is 1.31 bits per heavy atom. The quantitative estimate of drug-likeness (QED) is 0.675. The molecule has 1 aliphatic rings. The molecule has 1 saturated heterocycles. The minimum absolute atomic E-state index is 0.166. The van der Waals surface area contributed by atoms with Crippen LogP contribution in [0.1, 0.15) is 35.8 Å². The highest BCUT2D eigenvalue weighted by Crippen LogP contribution is 2.18. The number of carbonyl (C=O) groups is 1. The van der Waals surface area contributed by atoms with Crippen LogP contribution in [0.15, 0.2) is 41.7 Å². The summed E-state index contributed by atoms with van der Waals surface area (Å²) in [6, 6.07) is 5.24. The Kier molecular flexibility index (Phi) is 5.24. The van der Waals surface area contributed by atoms with Gasteiger partial charge in [-0.25, -0.2) is 15.0 Å². The van der Waals surface area contributed by atoms with E-state index >= 15 is 0 Å². The number of nitrogens with zero attached hydrogens (tertiary/aromatic N) is 5. The zero-order chi connectivity index (χ0) is 20.4. The van der Waals surface area contributed by atoms with Crippen molar-refractivity contribution in [2.24, 2.45) is 0 Å². The van der Waals surface area contributed by atoms with Gasteiger partial charge in [0, 0.05) is 37.2 Å². The fourth-order valence-electron chi connectivity index (χ4n) is 3.66. The van der Waals surface area contributed by atoms with Crippen LogP contribution in [0.3, 0.4) is 0 Å². The van der Waals surface area contributed by atoms with Gasteiger partial charge in [-0.2, -0.15) is 0 Å². The molecule has 4 heterocycles. The molecule has 0 aromatic carbocycles. The summed E-state index contributed by atoms with van der Waals surface area (Å²) < 4.78 is 7.75. The van der Waals surface area contributed by atoms with Gasteiger partial charge in [0.25, 0.3) is 5.91 Å². The lowest BCUT2D eigenvalue weighted by Gasteiger charge is -2.32. The van der Waals surface area contributed by atoms with Gasteiger partial charge in [0.15, 0.2) is 0 Å². The number of ether oxygens (including phenoxy) is 1. The molecule has 0 aliphatic carbocycles. The van der Waals surface area contributed by atoms with Crippen molar-refractivity contribution in [1.82, 2.24) is 24.4 Å². The highest BCUT2D eigenvalue weighted by atomic mass is 16.5. The Hall–Kier alpha value is -3.29. The standard InChI is InChI=1S/C21H23N5O3/c1-3-25-12-17(19(27)16-7-6-14(2)24-20(16)25)21(28)26-10-4-5-15(11-26)29-18-8-9-22-13-23-18/h6-9,12-13,15H,3-5,10-11H2,1-2H3/t15-/m1/s1. The molecule has 8 nitrogen and oxygen atoms in total. The summed E-state index contributed by atoms with van der Waals surface area (Å²) in [4.78, 5) is 40.4. The molecule has 0 unspecified atom stereocenters. The molecule has 3 aromatic rings. The largest absolute Gasteiger partial charge is 0.472 e. The number of piperidine rings is 1. The van der Waals surface area contributed by atoms with Crippen LogP contribution in [0, 0.1) is 6.92 Å². The van der Waals surface area contributed by atoms with Crippen molar-refractivity contribution in [3.8, 4) is 5.88 Å². The summed E-state index contributed by atoms with van der Waals surface area (Å²) in [7, 11) is 0. The highest BCUT2D eigenvalue weighted by molar-refractivity contribution is 5.97. The third-order valence-corrected chi connectivity index (χ3v) is 5.14. The number of amides is 1. The molecule has 0 radical (unpaired) electrons. The van der Waals surface area contributed by atoms with Crippen molar-refractivity contribution >= 4 is 16.9 Å². The number of fused-ring (bicyclic) bond motifs is 1. The van der Waals surface area contributed by atoms with E-state index in [4.69, 9.17) is 4.74 Å². The lowest BCUT2D eigenvalue weighted by Crippen LogP contribution is -2.45. The van der Waals surface area contributed by atoms with Gasteiger partial charge in [0.1, 0.15) is 23.6 Å². The van der Waals surface area contributed by atoms with Gasteiger partial charge in [-0.3, -0.25) is 9.59 Å². The molecular weight excluding hydrogens is 370 g/mol. The molecule has 1 atom stereocenters. The summed E-state index contributed by atoms with van der Waals surface area (Å²) >= 11 is 0. The average molecular weight is 393 g/mol. The van der Waals surface area contributed by atoms with E-state index < -0.39 is 0 Å². The molecule has 0 N–H and O–H groups in total. The Labute approximate surface area is 168 Å². The summed E-state index contributed by atoms with van der Waals surface area (Å²) in [5.41, 5.74) is 1.34. The van der Waals surface area contributed by atoms with Gasteiger partial charge in [-0.05, 0) is 38.8 Å². The summed E-state index contributed by atoms with van der Waals surface area (Å²) in [6.07, 6.45) is 6.14. The van der Waals surface area contributed by atoms with E-state index in [1.165, 1.54) is 6.33 Å². The van der Waals surface area contributed by atoms with E-state index in [0.717, 1.165) is 18.5 Å². The predicted octanol–water partition coefficient (Wildman–Crippen LogP) is 2.20. The zero-order valence-electron chi connectivity index (χ0n) is 16.5. The molecular formula is C21H23N5O3. The number of hydrogen-bond acceptors (Lipinski definition) is 6. The first-order chi connectivity index (χ1) is 14.1. The first-order valence-corrected chi connectivity index (χ1v) is 9.79. The molecule has 4 rings (SSSR count). The number of aromatic nitrogens is 4. The Morgan fingerprint density at radius 3 is 2.93 bits per heavy atom. The van der Waals surface area contributed by atoms with Gasteiger partial charge in [-0.1, -0.05) is 0 Å². The molecule has 1 amide bonds. The Bertz CT molecular complexity index is 1100. The van der Waals surface area contributed by atoms with Crippen molar-refractivity contribution < 1.29 is 9.53 Å². The smallest absolute Gasteiger partial charge is 0.259 e. The average Bonchev–Trinajstić information content (AvgIpc) is 2.74. The summed E-state index contributed by atoms with van der Waals surface area (Å²) in [5.74, 6) is 0.218. The van der Waals surface area contributed by atoms with Crippen LogP contribution < -0.4 is 10.2 Å². The third kappa shape index (κ3) is 3.83. The molecule has 29 heavy (non-hydrogen) atoms. The fraction of sp³-hybridized carbons (Fsp3) is 0.381. The van der Waals surface area contributed by atoms with Crippen LogP contribution in [0.4, 0.5) is 0 Å². The van der Waals surface area contributed by atoms with Crippen LogP contribution >= 0.6 is 0 Å². The molecule has 150 valence electrons. The van der Waals surface area contributed by atoms with Crippen LogP contribution in [0.2, 0.25) is 0 Å². The molecule has 8 heteroatoms. The first kappa shape index (κ1) is 19.0. The second-order valence-electron chi connectivity index (χ2n) is 7.16. The lowest BCUT2D eigenvalue weighted by molar-refractivity contribution is 0.0525. The van der Waals surface area contributed by atoms with Crippen LogP contribution in [-0.4, -0.2) is 49.5 Å². The Balaban J connectivity index is 1.62. The third-order valence-electron chi connectivity index (χ3n) is 5.14. The van der Waals surface area contributed by atoms with E-state index in [0.29, 0.717) is 36.5 Å². The van der Waals surface area contributed by atoms with E-state index in [9.17, 15) is 9.59 Å². The van der Waals surface area contributed by atoms with E-state index in [1.807, 2.05) is 18.4 Å². The van der Waals surface area contributed by atoms with Gasteiger partial charge in [-0.15, -0.1) is 0 Å². The highest BCUT2D eigenvalue weighted by Gasteiger charge is 2.28. The topological polar surface area (TPSA) is 90.2 Å². The monoisotopic (exact) mass is 393 g/mol. The number of pyridine rings is 2. The first-order valence-electron chi connectivity index (χ1n) is 9.79. The second-order valence-corrected chi connectivity index (χ2v) is 7.16. The maximum absolute atomic E-state index is 13.2. The van der Waals surface area contributed by atoms with Gasteiger partial charge in [0.05, 0.1) is 11.9 Å². The van der Waals surface area contributed by atoms with Crippen LogP contribution in [0.25, 0.3) is 11.0 Å². The minimum atomic E-state index is -0.277. The van der Waals surface area contributed by atoms with Gasteiger partial charge < -0.3 is 14.2 Å². The maximum atomic E-state index is 13.2. The molecule has 0 bridgehead atoms. The van der Waals surface area contributed by atoms with Crippen molar-refractivity contribution in [2.45, 2.75) is 39.3 Å². The summed E-state index contributed by atoms with van der Waals surface area (Å²) in [6.45, 7) is 5.48.